The van der Waals surface area contributed by atoms with E-state index >= 15 is 0 Å². The standard InChI is InChI=1S/C24H16N6O4/c31-21-16-15(17-20(30-9-3-4-10-30)27-24(34)29-22(17)32)18(25-19(16)26-23(33)28-21)14-8-7-12-5-1-2-6-13(12)11-14/h1-11H,(H2,27,29,32,34)(H3,25,26,28,31,33). The zero-order valence-electron chi connectivity index (χ0n) is 17.4. The van der Waals surface area contributed by atoms with Crippen molar-refractivity contribution in [1.82, 2.24) is 29.5 Å². The number of H-pyrrole nitrogens is 5. The second-order valence-corrected chi connectivity index (χ2v) is 7.82. The van der Waals surface area contributed by atoms with Gasteiger partial charge in [-0.3, -0.25) is 29.5 Å². The molecule has 2 aromatic carbocycles. The van der Waals surface area contributed by atoms with Gasteiger partial charge >= 0.3 is 11.4 Å². The Balaban J connectivity index is 1.79. The van der Waals surface area contributed by atoms with E-state index in [1.165, 1.54) is 0 Å². The van der Waals surface area contributed by atoms with E-state index in [4.69, 9.17) is 0 Å². The molecule has 10 nitrogen and oxygen atoms in total. The van der Waals surface area contributed by atoms with Gasteiger partial charge in [0.1, 0.15) is 11.5 Å². The molecule has 10 heteroatoms. The van der Waals surface area contributed by atoms with E-state index in [-0.39, 0.29) is 28.0 Å². The van der Waals surface area contributed by atoms with Gasteiger partial charge in [-0.15, -0.1) is 0 Å². The Kier molecular flexibility index (Phi) is 4.14. The Morgan fingerprint density at radius 1 is 0.618 bits per heavy atom. The summed E-state index contributed by atoms with van der Waals surface area (Å²) in [6, 6.07) is 17.0. The number of rotatable bonds is 3. The van der Waals surface area contributed by atoms with E-state index in [1.807, 2.05) is 42.5 Å². The summed E-state index contributed by atoms with van der Waals surface area (Å²) >= 11 is 0. The average Bonchev–Trinajstić information content (AvgIpc) is 3.47. The van der Waals surface area contributed by atoms with Crippen molar-refractivity contribution in [2.24, 2.45) is 0 Å². The molecule has 0 amide bonds. The number of hydrogen-bond donors (Lipinski definition) is 5. The Morgan fingerprint density at radius 2 is 1.32 bits per heavy atom. The summed E-state index contributed by atoms with van der Waals surface area (Å²) in [5, 5.41) is 2.06. The molecule has 0 fully saturated rings. The summed E-state index contributed by atoms with van der Waals surface area (Å²) in [6.45, 7) is 0. The van der Waals surface area contributed by atoms with Crippen LogP contribution >= 0.6 is 0 Å². The maximum atomic E-state index is 13.2. The lowest BCUT2D eigenvalue weighted by Crippen LogP contribution is -2.27. The van der Waals surface area contributed by atoms with Crippen LogP contribution in [0, 0.1) is 0 Å². The van der Waals surface area contributed by atoms with Crippen molar-refractivity contribution >= 4 is 21.8 Å². The van der Waals surface area contributed by atoms with Gasteiger partial charge in [0.2, 0.25) is 0 Å². The molecule has 6 rings (SSSR count). The van der Waals surface area contributed by atoms with Gasteiger partial charge in [-0.2, -0.15) is 0 Å². The van der Waals surface area contributed by atoms with E-state index in [1.54, 1.807) is 29.1 Å². The molecule has 34 heavy (non-hydrogen) atoms. The largest absolute Gasteiger partial charge is 0.340 e. The molecular weight excluding hydrogens is 436 g/mol. The molecule has 0 saturated heterocycles. The number of benzene rings is 2. The van der Waals surface area contributed by atoms with Crippen LogP contribution in [0.5, 0.6) is 0 Å². The van der Waals surface area contributed by atoms with Crippen molar-refractivity contribution in [3.05, 3.63) is 109 Å². The highest BCUT2D eigenvalue weighted by atomic mass is 16.2. The fourth-order valence-electron chi connectivity index (χ4n) is 4.33. The van der Waals surface area contributed by atoms with Gasteiger partial charge in [0.25, 0.3) is 11.1 Å². The van der Waals surface area contributed by atoms with E-state index in [0.29, 0.717) is 11.3 Å². The summed E-state index contributed by atoms with van der Waals surface area (Å²) in [7, 11) is 0. The minimum Gasteiger partial charge on any atom is -0.340 e. The first-order chi connectivity index (χ1) is 16.5. The van der Waals surface area contributed by atoms with Crippen molar-refractivity contribution in [3.8, 4) is 28.2 Å². The van der Waals surface area contributed by atoms with Crippen molar-refractivity contribution in [2.75, 3.05) is 0 Å². The fraction of sp³-hybridized carbons (Fsp3) is 0. The van der Waals surface area contributed by atoms with E-state index < -0.39 is 22.5 Å². The van der Waals surface area contributed by atoms with Crippen LogP contribution in [0.25, 0.3) is 50.0 Å². The number of hydrogen-bond acceptors (Lipinski definition) is 4. The van der Waals surface area contributed by atoms with Crippen LogP contribution in [0.15, 0.2) is 86.2 Å². The highest BCUT2D eigenvalue weighted by Gasteiger charge is 2.25. The predicted octanol–water partition coefficient (Wildman–Crippen LogP) is 2.20. The molecule has 0 saturated carbocycles. The third-order valence-corrected chi connectivity index (χ3v) is 5.77. The molecule has 4 aromatic heterocycles. The van der Waals surface area contributed by atoms with Crippen LogP contribution in [0.1, 0.15) is 0 Å². The van der Waals surface area contributed by atoms with Crippen LogP contribution in [0.4, 0.5) is 0 Å². The monoisotopic (exact) mass is 452 g/mol. The second-order valence-electron chi connectivity index (χ2n) is 7.82. The molecule has 0 unspecified atom stereocenters. The van der Waals surface area contributed by atoms with E-state index in [0.717, 1.165) is 10.8 Å². The lowest BCUT2D eigenvalue weighted by Gasteiger charge is -2.11. The van der Waals surface area contributed by atoms with Gasteiger partial charge in [0.15, 0.2) is 0 Å². The summed E-state index contributed by atoms with van der Waals surface area (Å²) in [4.78, 5) is 63.1. The molecule has 0 aliphatic heterocycles. The summed E-state index contributed by atoms with van der Waals surface area (Å²) in [5.41, 5.74) is -1.10. The SMILES string of the molecule is O=c1[nH]c(-n2cccc2)c(-c2c(-c3ccc4ccccc4c3)[nH]c3[nH]c(=O)[nH]c(=O)c23)c(=O)[nH]1. The summed E-state index contributed by atoms with van der Waals surface area (Å²) in [5.74, 6) is 0.187. The highest BCUT2D eigenvalue weighted by molar-refractivity contribution is 6.04. The minimum absolute atomic E-state index is 0.0720. The topological polar surface area (TPSA) is 152 Å². The first-order valence-corrected chi connectivity index (χ1v) is 10.4. The van der Waals surface area contributed by atoms with Crippen molar-refractivity contribution in [2.45, 2.75) is 0 Å². The Labute approximate surface area is 188 Å². The van der Waals surface area contributed by atoms with Crippen LogP contribution in [-0.4, -0.2) is 29.5 Å². The average molecular weight is 452 g/mol. The van der Waals surface area contributed by atoms with Crippen LogP contribution in [0.3, 0.4) is 0 Å². The number of aromatic nitrogens is 6. The molecule has 6 aromatic rings. The highest BCUT2D eigenvalue weighted by Crippen LogP contribution is 2.37. The molecule has 0 aliphatic rings. The van der Waals surface area contributed by atoms with Gasteiger partial charge in [-0.1, -0.05) is 36.4 Å². The zero-order valence-corrected chi connectivity index (χ0v) is 17.4. The van der Waals surface area contributed by atoms with Crippen molar-refractivity contribution < 1.29 is 0 Å². The predicted molar refractivity (Wildman–Crippen MR) is 128 cm³/mol. The van der Waals surface area contributed by atoms with Gasteiger partial charge < -0.3 is 9.55 Å². The Morgan fingerprint density at radius 3 is 2.12 bits per heavy atom. The number of nitrogens with zero attached hydrogens (tertiary/aromatic N) is 1. The zero-order chi connectivity index (χ0) is 23.4. The number of aromatic amines is 5. The third-order valence-electron chi connectivity index (χ3n) is 5.77. The molecule has 166 valence electrons. The van der Waals surface area contributed by atoms with Gasteiger partial charge in [-0.05, 0) is 34.5 Å². The maximum Gasteiger partial charge on any atom is 0.327 e. The molecular formula is C24H16N6O4. The molecule has 0 bridgehead atoms. The molecule has 0 radical (unpaired) electrons. The summed E-state index contributed by atoms with van der Waals surface area (Å²) < 4.78 is 1.58. The molecule has 0 aliphatic carbocycles. The van der Waals surface area contributed by atoms with E-state index in [9.17, 15) is 19.2 Å². The van der Waals surface area contributed by atoms with Gasteiger partial charge in [0.05, 0.1) is 16.6 Å². The van der Waals surface area contributed by atoms with Gasteiger partial charge in [0, 0.05) is 18.0 Å². The maximum absolute atomic E-state index is 13.2. The molecule has 0 spiro atoms. The Bertz CT molecular complexity index is 1950. The van der Waals surface area contributed by atoms with Gasteiger partial charge in [-0.25, -0.2) is 9.59 Å². The number of fused-ring (bicyclic) bond motifs is 2. The molecule has 5 N–H and O–H groups in total. The lowest BCUT2D eigenvalue weighted by atomic mass is 9.98. The quantitative estimate of drug-likeness (QED) is 0.279. The fourth-order valence-corrected chi connectivity index (χ4v) is 4.33. The second kappa shape index (κ2) is 7.20. The lowest BCUT2D eigenvalue weighted by molar-refractivity contribution is 0.938. The smallest absolute Gasteiger partial charge is 0.327 e. The minimum atomic E-state index is -0.688. The molecule has 4 heterocycles. The first kappa shape index (κ1) is 19.6. The van der Waals surface area contributed by atoms with E-state index in [2.05, 4.69) is 24.9 Å². The van der Waals surface area contributed by atoms with Crippen LogP contribution in [-0.2, 0) is 0 Å². The van der Waals surface area contributed by atoms with Crippen molar-refractivity contribution in [3.63, 3.8) is 0 Å². The van der Waals surface area contributed by atoms with Crippen molar-refractivity contribution in [1.29, 1.82) is 0 Å². The normalized spacial score (nSPS) is 11.4. The Hall–Kier alpha value is -5.12. The van der Waals surface area contributed by atoms with Crippen LogP contribution < -0.4 is 22.5 Å². The first-order valence-electron chi connectivity index (χ1n) is 10.4. The van der Waals surface area contributed by atoms with Crippen LogP contribution in [0.2, 0.25) is 0 Å². The third kappa shape index (κ3) is 2.97. The summed E-state index contributed by atoms with van der Waals surface area (Å²) in [6.07, 6.45) is 3.34. The number of nitrogens with one attached hydrogen (secondary N) is 5. The molecule has 0 atom stereocenters.